The molecule has 0 saturated carbocycles. The fourth-order valence-electron chi connectivity index (χ4n) is 2.61. The Balaban J connectivity index is 3.19. The molecule has 0 radical (unpaired) electrons. The predicted molar refractivity (Wildman–Crippen MR) is 79.1 cm³/mol. The number of carboxylic acid groups (broad SMARTS) is 1. The van der Waals surface area contributed by atoms with Gasteiger partial charge in [0, 0.05) is 29.2 Å². The Hall–Kier alpha value is -1.95. The van der Waals surface area contributed by atoms with E-state index in [9.17, 15) is 9.90 Å². The number of rotatable bonds is 7. The van der Waals surface area contributed by atoms with Crippen LogP contribution in [0.1, 0.15) is 42.0 Å². The predicted octanol–water partition coefficient (Wildman–Crippen LogP) is 2.28. The van der Waals surface area contributed by atoms with E-state index in [4.69, 9.17) is 20.3 Å². The number of nitrogens with two attached hydrogens (primary N) is 1. The highest BCUT2D eigenvalue weighted by Gasteiger charge is 2.24. The first-order chi connectivity index (χ1) is 9.84. The molecule has 0 aliphatic heterocycles. The first-order valence-electron chi connectivity index (χ1n) is 6.76. The van der Waals surface area contributed by atoms with Gasteiger partial charge in [0.2, 0.25) is 0 Å². The molecule has 0 amide bonds. The van der Waals surface area contributed by atoms with Crippen LogP contribution in [0.4, 0.5) is 0 Å². The number of carboxylic acids is 1. The van der Waals surface area contributed by atoms with Gasteiger partial charge in [-0.3, -0.25) is 4.79 Å². The minimum absolute atomic E-state index is 0.00359. The minimum atomic E-state index is -0.859. The third-order valence-corrected chi connectivity index (χ3v) is 3.58. The second-order valence-electron chi connectivity index (χ2n) is 4.97. The molecule has 0 spiro atoms. The molecule has 21 heavy (non-hydrogen) atoms. The summed E-state index contributed by atoms with van der Waals surface area (Å²) in [5.41, 5.74) is 8.11. The zero-order chi connectivity index (χ0) is 16.2. The van der Waals surface area contributed by atoms with Crippen molar-refractivity contribution in [2.45, 2.75) is 39.2 Å². The average Bonchev–Trinajstić information content (AvgIpc) is 2.39. The SMILES string of the molecule is COc1c(C)c(OC)c(O)c([C@@H](N)CCCC(=O)O)c1C. The molecule has 6 heteroatoms. The number of benzene rings is 1. The number of phenols is 1. The molecule has 1 atom stereocenters. The molecule has 0 aromatic heterocycles. The molecule has 0 bridgehead atoms. The van der Waals surface area contributed by atoms with Gasteiger partial charge in [-0.05, 0) is 26.7 Å². The molecule has 6 nitrogen and oxygen atoms in total. The summed E-state index contributed by atoms with van der Waals surface area (Å²) in [5.74, 6) is 0.0906. The van der Waals surface area contributed by atoms with Gasteiger partial charge in [-0.1, -0.05) is 0 Å². The number of carbonyl (C=O) groups is 1. The Morgan fingerprint density at radius 2 is 1.76 bits per heavy atom. The minimum Gasteiger partial charge on any atom is -0.504 e. The lowest BCUT2D eigenvalue weighted by Crippen LogP contribution is -2.14. The van der Waals surface area contributed by atoms with Crippen molar-refractivity contribution in [2.24, 2.45) is 5.73 Å². The standard InChI is InChI=1S/C15H23NO5/c1-8-12(10(16)6-5-7-11(17)18)13(19)15(21-4)9(2)14(8)20-3/h10,19H,5-7,16H2,1-4H3,(H,17,18)/t10-/m0/s1. The van der Waals surface area contributed by atoms with E-state index < -0.39 is 12.0 Å². The first-order valence-corrected chi connectivity index (χ1v) is 6.76. The first kappa shape index (κ1) is 17.1. The molecule has 118 valence electrons. The number of methoxy groups -OCH3 is 2. The summed E-state index contributed by atoms with van der Waals surface area (Å²) in [4.78, 5) is 10.6. The molecule has 0 aliphatic rings. The van der Waals surface area contributed by atoms with Crippen molar-refractivity contribution in [3.05, 3.63) is 16.7 Å². The molecule has 0 heterocycles. The van der Waals surface area contributed by atoms with Crippen molar-refractivity contribution < 1.29 is 24.5 Å². The topological polar surface area (TPSA) is 102 Å². The number of hydrogen-bond donors (Lipinski definition) is 3. The third-order valence-electron chi connectivity index (χ3n) is 3.58. The molecule has 0 aliphatic carbocycles. The summed E-state index contributed by atoms with van der Waals surface area (Å²) in [7, 11) is 3.02. The molecular formula is C15H23NO5. The monoisotopic (exact) mass is 297 g/mol. The van der Waals surface area contributed by atoms with Crippen LogP contribution in [0.5, 0.6) is 17.2 Å². The van der Waals surface area contributed by atoms with Gasteiger partial charge >= 0.3 is 5.97 Å². The van der Waals surface area contributed by atoms with Crippen molar-refractivity contribution in [1.29, 1.82) is 0 Å². The van der Waals surface area contributed by atoms with E-state index in [0.717, 1.165) is 5.56 Å². The van der Waals surface area contributed by atoms with E-state index in [-0.39, 0.29) is 12.2 Å². The van der Waals surface area contributed by atoms with Crippen LogP contribution < -0.4 is 15.2 Å². The number of aromatic hydroxyl groups is 1. The lowest BCUT2D eigenvalue weighted by atomic mass is 9.93. The van der Waals surface area contributed by atoms with Crippen LogP contribution >= 0.6 is 0 Å². The van der Waals surface area contributed by atoms with Crippen LogP contribution in [0.3, 0.4) is 0 Å². The Labute approximate surface area is 124 Å². The van der Waals surface area contributed by atoms with Gasteiger partial charge < -0.3 is 25.4 Å². The van der Waals surface area contributed by atoms with Crippen molar-refractivity contribution in [1.82, 2.24) is 0 Å². The van der Waals surface area contributed by atoms with E-state index in [1.807, 2.05) is 6.92 Å². The summed E-state index contributed by atoms with van der Waals surface area (Å²) < 4.78 is 10.6. The van der Waals surface area contributed by atoms with Crippen molar-refractivity contribution in [3.8, 4) is 17.2 Å². The highest BCUT2D eigenvalue weighted by atomic mass is 16.5. The highest BCUT2D eigenvalue weighted by molar-refractivity contribution is 5.66. The fourth-order valence-corrected chi connectivity index (χ4v) is 2.61. The van der Waals surface area contributed by atoms with Gasteiger partial charge in [-0.15, -0.1) is 0 Å². The molecule has 4 N–H and O–H groups in total. The number of phenolic OH excluding ortho intramolecular Hbond substituents is 1. The van der Waals surface area contributed by atoms with E-state index in [1.165, 1.54) is 7.11 Å². The molecule has 1 rings (SSSR count). The van der Waals surface area contributed by atoms with Crippen LogP contribution in [0, 0.1) is 13.8 Å². The van der Waals surface area contributed by atoms with Gasteiger partial charge in [-0.25, -0.2) is 0 Å². The lowest BCUT2D eigenvalue weighted by Gasteiger charge is -2.22. The second-order valence-corrected chi connectivity index (χ2v) is 4.97. The smallest absolute Gasteiger partial charge is 0.303 e. The van der Waals surface area contributed by atoms with E-state index in [1.54, 1.807) is 14.0 Å². The van der Waals surface area contributed by atoms with E-state index >= 15 is 0 Å². The van der Waals surface area contributed by atoms with Crippen LogP contribution in [0.15, 0.2) is 0 Å². The normalized spacial score (nSPS) is 12.0. The Morgan fingerprint density at radius 3 is 2.24 bits per heavy atom. The lowest BCUT2D eigenvalue weighted by molar-refractivity contribution is -0.137. The molecule has 0 fully saturated rings. The Bertz CT molecular complexity index is 496. The maximum atomic E-state index is 10.6. The second kappa shape index (κ2) is 7.17. The van der Waals surface area contributed by atoms with Gasteiger partial charge in [-0.2, -0.15) is 0 Å². The quantitative estimate of drug-likeness (QED) is 0.713. The van der Waals surface area contributed by atoms with Crippen molar-refractivity contribution >= 4 is 5.97 Å². The van der Waals surface area contributed by atoms with Gasteiger partial charge in [0.25, 0.3) is 0 Å². The van der Waals surface area contributed by atoms with E-state index in [0.29, 0.717) is 35.5 Å². The summed E-state index contributed by atoms with van der Waals surface area (Å²) in [6.07, 6.45) is 0.942. The number of hydrogen-bond acceptors (Lipinski definition) is 5. The number of aliphatic carboxylic acids is 1. The Kier molecular flexibility index (Phi) is 5.84. The van der Waals surface area contributed by atoms with Crippen molar-refractivity contribution in [3.63, 3.8) is 0 Å². The average molecular weight is 297 g/mol. The summed E-state index contributed by atoms with van der Waals surface area (Å²) >= 11 is 0. The number of ether oxygens (including phenoxy) is 2. The van der Waals surface area contributed by atoms with Crippen LogP contribution in [-0.4, -0.2) is 30.4 Å². The molecule has 0 saturated heterocycles. The third kappa shape index (κ3) is 3.58. The van der Waals surface area contributed by atoms with Gasteiger partial charge in [0.05, 0.1) is 14.2 Å². The van der Waals surface area contributed by atoms with Crippen molar-refractivity contribution in [2.75, 3.05) is 14.2 Å². The summed E-state index contributed by atoms with van der Waals surface area (Å²) in [6.45, 7) is 3.61. The maximum Gasteiger partial charge on any atom is 0.303 e. The van der Waals surface area contributed by atoms with Gasteiger partial charge in [0.1, 0.15) is 5.75 Å². The summed E-state index contributed by atoms with van der Waals surface area (Å²) in [5, 5.41) is 19.0. The molecular weight excluding hydrogens is 274 g/mol. The Morgan fingerprint density at radius 1 is 1.19 bits per heavy atom. The maximum absolute atomic E-state index is 10.6. The summed E-state index contributed by atoms with van der Waals surface area (Å²) in [6, 6.07) is -0.479. The van der Waals surface area contributed by atoms with Crippen LogP contribution in [0.25, 0.3) is 0 Å². The zero-order valence-electron chi connectivity index (χ0n) is 12.9. The van der Waals surface area contributed by atoms with Crippen LogP contribution in [0.2, 0.25) is 0 Å². The molecule has 1 aromatic carbocycles. The zero-order valence-corrected chi connectivity index (χ0v) is 12.9. The fraction of sp³-hybridized carbons (Fsp3) is 0.533. The van der Waals surface area contributed by atoms with E-state index in [2.05, 4.69) is 0 Å². The highest BCUT2D eigenvalue weighted by Crippen LogP contribution is 2.45. The largest absolute Gasteiger partial charge is 0.504 e. The molecule has 0 unspecified atom stereocenters. The van der Waals surface area contributed by atoms with Gasteiger partial charge in [0.15, 0.2) is 11.5 Å². The molecule has 1 aromatic rings. The van der Waals surface area contributed by atoms with Crippen LogP contribution in [-0.2, 0) is 4.79 Å².